The molecule has 0 bridgehead atoms. The van der Waals surface area contributed by atoms with Crippen LogP contribution in [0.25, 0.3) is 0 Å². The Hall–Kier alpha value is -0.810. The molecule has 1 unspecified atom stereocenters. The Morgan fingerprint density at radius 1 is 1.17 bits per heavy atom. The standard InChI is InChI=1S/C19H39N5/c1-4-20-19(22-13-16-23(5-2)18-10-11-18)21-12-8-15-24-14-7-6-9-17(24)3/h17-18H,4-16H2,1-3H3,(H2,20,21,22). The summed E-state index contributed by atoms with van der Waals surface area (Å²) in [5, 5.41) is 6.87. The number of likely N-dealkylation sites (tertiary alicyclic amines) is 1. The minimum atomic E-state index is 0.761. The summed E-state index contributed by atoms with van der Waals surface area (Å²) in [6.07, 6.45) is 8.06. The molecule has 1 aliphatic heterocycles. The van der Waals surface area contributed by atoms with Gasteiger partial charge >= 0.3 is 0 Å². The van der Waals surface area contributed by atoms with Gasteiger partial charge in [0.25, 0.3) is 0 Å². The van der Waals surface area contributed by atoms with E-state index in [1.807, 2.05) is 0 Å². The highest BCUT2D eigenvalue weighted by molar-refractivity contribution is 5.79. The van der Waals surface area contributed by atoms with E-state index in [9.17, 15) is 0 Å². The zero-order chi connectivity index (χ0) is 17.2. The van der Waals surface area contributed by atoms with Crippen LogP contribution in [-0.4, -0.2) is 73.7 Å². The van der Waals surface area contributed by atoms with Crippen LogP contribution in [0.4, 0.5) is 0 Å². The highest BCUT2D eigenvalue weighted by atomic mass is 15.2. The van der Waals surface area contributed by atoms with Gasteiger partial charge in [-0.3, -0.25) is 9.89 Å². The second-order valence-electron chi connectivity index (χ2n) is 7.28. The van der Waals surface area contributed by atoms with Crippen LogP contribution in [0.3, 0.4) is 0 Å². The van der Waals surface area contributed by atoms with Crippen LogP contribution in [0, 0.1) is 0 Å². The van der Waals surface area contributed by atoms with Gasteiger partial charge in [-0.1, -0.05) is 13.3 Å². The molecule has 0 aromatic heterocycles. The second-order valence-corrected chi connectivity index (χ2v) is 7.28. The minimum Gasteiger partial charge on any atom is -0.357 e. The predicted octanol–water partition coefficient (Wildman–Crippen LogP) is 2.29. The lowest BCUT2D eigenvalue weighted by Crippen LogP contribution is -2.42. The van der Waals surface area contributed by atoms with Gasteiger partial charge in [0.15, 0.2) is 5.96 Å². The normalized spacial score (nSPS) is 22.8. The van der Waals surface area contributed by atoms with E-state index in [1.54, 1.807) is 0 Å². The van der Waals surface area contributed by atoms with Crippen molar-refractivity contribution in [3.8, 4) is 0 Å². The molecule has 5 heteroatoms. The Morgan fingerprint density at radius 3 is 2.67 bits per heavy atom. The van der Waals surface area contributed by atoms with Crippen LogP contribution in [0.5, 0.6) is 0 Å². The fraction of sp³-hybridized carbons (Fsp3) is 0.947. The van der Waals surface area contributed by atoms with Crippen LogP contribution in [0.1, 0.15) is 59.3 Å². The maximum absolute atomic E-state index is 4.76. The summed E-state index contributed by atoms with van der Waals surface area (Å²) in [5.74, 6) is 0.982. The number of aliphatic imine (C=N–C) groups is 1. The topological polar surface area (TPSA) is 42.9 Å². The molecule has 1 atom stereocenters. The SMILES string of the molecule is CCNC(=NCCCN1CCCCC1C)NCCN(CC)C1CC1. The van der Waals surface area contributed by atoms with Gasteiger partial charge in [-0.2, -0.15) is 0 Å². The maximum Gasteiger partial charge on any atom is 0.191 e. The van der Waals surface area contributed by atoms with Crippen molar-refractivity contribution in [2.75, 3.05) is 45.8 Å². The van der Waals surface area contributed by atoms with Gasteiger partial charge in [-0.05, 0) is 59.0 Å². The number of rotatable bonds is 10. The molecule has 0 radical (unpaired) electrons. The molecule has 0 aromatic rings. The summed E-state index contributed by atoms with van der Waals surface area (Å²) < 4.78 is 0. The largest absolute Gasteiger partial charge is 0.357 e. The molecule has 1 saturated carbocycles. The molecule has 1 heterocycles. The lowest BCUT2D eigenvalue weighted by molar-refractivity contribution is 0.160. The number of hydrogen-bond donors (Lipinski definition) is 2. The fourth-order valence-electron chi connectivity index (χ4n) is 3.65. The van der Waals surface area contributed by atoms with E-state index in [1.165, 1.54) is 45.2 Å². The molecule has 140 valence electrons. The van der Waals surface area contributed by atoms with E-state index in [2.05, 4.69) is 41.2 Å². The van der Waals surface area contributed by atoms with Crippen molar-refractivity contribution in [1.82, 2.24) is 20.4 Å². The molecule has 1 saturated heterocycles. The highest BCUT2D eigenvalue weighted by Crippen LogP contribution is 2.25. The summed E-state index contributed by atoms with van der Waals surface area (Å²) in [5.41, 5.74) is 0. The highest BCUT2D eigenvalue weighted by Gasteiger charge is 2.27. The molecule has 2 rings (SSSR count). The van der Waals surface area contributed by atoms with E-state index in [4.69, 9.17) is 4.99 Å². The Labute approximate surface area is 149 Å². The molecule has 2 fully saturated rings. The average Bonchev–Trinajstić information content (AvgIpc) is 3.42. The van der Waals surface area contributed by atoms with E-state index in [-0.39, 0.29) is 0 Å². The third-order valence-corrected chi connectivity index (χ3v) is 5.32. The lowest BCUT2D eigenvalue weighted by Gasteiger charge is -2.33. The van der Waals surface area contributed by atoms with Gasteiger partial charge in [0.05, 0.1) is 0 Å². The van der Waals surface area contributed by atoms with Crippen molar-refractivity contribution in [3.63, 3.8) is 0 Å². The van der Waals surface area contributed by atoms with Crippen molar-refractivity contribution in [3.05, 3.63) is 0 Å². The fourth-order valence-corrected chi connectivity index (χ4v) is 3.65. The number of nitrogens with zero attached hydrogens (tertiary/aromatic N) is 3. The Morgan fingerprint density at radius 2 is 2.00 bits per heavy atom. The van der Waals surface area contributed by atoms with Gasteiger partial charge in [-0.15, -0.1) is 0 Å². The molecule has 24 heavy (non-hydrogen) atoms. The summed E-state index contributed by atoms with van der Waals surface area (Å²) in [6, 6.07) is 1.61. The summed E-state index contributed by atoms with van der Waals surface area (Å²) in [7, 11) is 0. The summed E-state index contributed by atoms with van der Waals surface area (Å²) >= 11 is 0. The lowest BCUT2D eigenvalue weighted by atomic mass is 10.0. The molecular weight excluding hydrogens is 298 g/mol. The smallest absolute Gasteiger partial charge is 0.191 e. The van der Waals surface area contributed by atoms with Gasteiger partial charge in [-0.25, -0.2) is 0 Å². The zero-order valence-electron chi connectivity index (χ0n) is 16.2. The third kappa shape index (κ3) is 6.98. The van der Waals surface area contributed by atoms with Crippen LogP contribution in [0.15, 0.2) is 4.99 Å². The van der Waals surface area contributed by atoms with E-state index in [0.29, 0.717) is 0 Å². The van der Waals surface area contributed by atoms with Crippen molar-refractivity contribution in [1.29, 1.82) is 0 Å². The first-order chi connectivity index (χ1) is 11.7. The summed E-state index contributed by atoms with van der Waals surface area (Å²) in [4.78, 5) is 9.97. The Kier molecular flexibility index (Phi) is 8.89. The van der Waals surface area contributed by atoms with Gasteiger partial charge in [0, 0.05) is 44.8 Å². The number of likely N-dealkylation sites (N-methyl/N-ethyl adjacent to an activating group) is 1. The van der Waals surface area contributed by atoms with Crippen molar-refractivity contribution in [2.24, 2.45) is 4.99 Å². The molecule has 1 aliphatic carbocycles. The van der Waals surface area contributed by atoms with Crippen LogP contribution < -0.4 is 10.6 Å². The third-order valence-electron chi connectivity index (χ3n) is 5.32. The number of piperidine rings is 1. The molecule has 0 amide bonds. The molecule has 2 N–H and O–H groups in total. The Balaban J connectivity index is 1.63. The van der Waals surface area contributed by atoms with Gasteiger partial charge < -0.3 is 15.5 Å². The van der Waals surface area contributed by atoms with Gasteiger partial charge in [0.1, 0.15) is 0 Å². The zero-order valence-corrected chi connectivity index (χ0v) is 16.2. The molecule has 5 nitrogen and oxygen atoms in total. The minimum absolute atomic E-state index is 0.761. The predicted molar refractivity (Wildman–Crippen MR) is 104 cm³/mol. The van der Waals surface area contributed by atoms with E-state index in [0.717, 1.165) is 57.2 Å². The number of hydrogen-bond acceptors (Lipinski definition) is 3. The quantitative estimate of drug-likeness (QED) is 0.365. The maximum atomic E-state index is 4.76. The number of nitrogens with one attached hydrogen (secondary N) is 2. The number of guanidine groups is 1. The average molecular weight is 338 g/mol. The van der Waals surface area contributed by atoms with Crippen LogP contribution in [0.2, 0.25) is 0 Å². The van der Waals surface area contributed by atoms with Crippen molar-refractivity contribution >= 4 is 5.96 Å². The molecule has 0 spiro atoms. The molecule has 2 aliphatic rings. The van der Waals surface area contributed by atoms with Crippen LogP contribution >= 0.6 is 0 Å². The summed E-state index contributed by atoms with van der Waals surface area (Å²) in [6.45, 7) is 14.3. The van der Waals surface area contributed by atoms with E-state index >= 15 is 0 Å². The van der Waals surface area contributed by atoms with E-state index < -0.39 is 0 Å². The first-order valence-corrected chi connectivity index (χ1v) is 10.2. The molecular formula is C19H39N5. The Bertz CT molecular complexity index is 367. The first-order valence-electron chi connectivity index (χ1n) is 10.2. The van der Waals surface area contributed by atoms with Gasteiger partial charge in [0.2, 0.25) is 0 Å². The van der Waals surface area contributed by atoms with Crippen LogP contribution in [-0.2, 0) is 0 Å². The van der Waals surface area contributed by atoms with Crippen molar-refractivity contribution in [2.45, 2.75) is 71.4 Å². The molecule has 0 aromatic carbocycles. The first kappa shape index (κ1) is 19.5. The van der Waals surface area contributed by atoms with Crippen molar-refractivity contribution < 1.29 is 0 Å². The second kappa shape index (κ2) is 10.9. The monoisotopic (exact) mass is 337 g/mol.